The largest absolute Gasteiger partial charge is 0.357 e. The average Bonchev–Trinajstić information content (AvgIpc) is 3.02. The number of unbranched alkanes of at least 4 members (excludes halogenated alkanes) is 2. The van der Waals surface area contributed by atoms with Gasteiger partial charge in [0, 0.05) is 32.6 Å². The fraction of sp³-hybridized carbons (Fsp3) is 0.600. The zero-order chi connectivity index (χ0) is 17.9. The Bertz CT molecular complexity index is 559. The minimum absolute atomic E-state index is 0. The molecule has 0 saturated carbocycles. The topological polar surface area (TPSA) is 56.7 Å². The summed E-state index contributed by atoms with van der Waals surface area (Å²) in [5.41, 5.74) is 2.37. The van der Waals surface area contributed by atoms with E-state index in [-0.39, 0.29) is 29.9 Å². The van der Waals surface area contributed by atoms with E-state index in [1.165, 1.54) is 30.4 Å². The Morgan fingerprint density at radius 2 is 1.85 bits per heavy atom. The maximum Gasteiger partial charge on any atom is 0.222 e. The number of hydrogen-bond acceptors (Lipinski definition) is 2. The molecule has 26 heavy (non-hydrogen) atoms. The van der Waals surface area contributed by atoms with Crippen LogP contribution in [-0.4, -0.2) is 36.4 Å². The summed E-state index contributed by atoms with van der Waals surface area (Å²) in [4.78, 5) is 18.3. The standard InChI is InChI=1S/C20H32N4O.HI/c1-3-5-6-13-22-20(21-4-2)23-15-17-9-11-18(12-10-17)16-24-14-7-8-19(24)25;/h9-12H,3-8,13-16H2,1-2H3,(H2,21,22,23);1H. The van der Waals surface area contributed by atoms with Crippen LogP contribution in [0.1, 0.15) is 57.1 Å². The van der Waals surface area contributed by atoms with E-state index >= 15 is 0 Å². The summed E-state index contributed by atoms with van der Waals surface area (Å²) in [5, 5.41) is 6.67. The van der Waals surface area contributed by atoms with Crippen molar-refractivity contribution in [2.75, 3.05) is 19.6 Å². The molecule has 0 radical (unpaired) electrons. The number of carbonyl (C=O) groups is 1. The normalized spacial score (nSPS) is 14.3. The summed E-state index contributed by atoms with van der Waals surface area (Å²) >= 11 is 0. The van der Waals surface area contributed by atoms with Crippen LogP contribution in [0.3, 0.4) is 0 Å². The molecule has 0 spiro atoms. The molecule has 0 aliphatic carbocycles. The van der Waals surface area contributed by atoms with Crippen molar-refractivity contribution in [2.45, 2.75) is 59.0 Å². The molecule has 146 valence electrons. The Morgan fingerprint density at radius 1 is 1.12 bits per heavy atom. The minimum Gasteiger partial charge on any atom is -0.357 e. The zero-order valence-corrected chi connectivity index (χ0v) is 18.4. The molecule has 1 aromatic carbocycles. The molecular formula is C20H33IN4O. The molecule has 0 bridgehead atoms. The molecule has 0 aromatic heterocycles. The van der Waals surface area contributed by atoms with Crippen molar-refractivity contribution in [3.8, 4) is 0 Å². The van der Waals surface area contributed by atoms with Crippen LogP contribution < -0.4 is 10.6 Å². The van der Waals surface area contributed by atoms with Gasteiger partial charge >= 0.3 is 0 Å². The van der Waals surface area contributed by atoms with Crippen LogP contribution in [0, 0.1) is 0 Å². The molecule has 1 aromatic rings. The van der Waals surface area contributed by atoms with Gasteiger partial charge in [-0.2, -0.15) is 0 Å². The van der Waals surface area contributed by atoms with E-state index in [0.29, 0.717) is 13.0 Å². The van der Waals surface area contributed by atoms with Crippen LogP contribution in [0.5, 0.6) is 0 Å². The number of guanidine groups is 1. The van der Waals surface area contributed by atoms with Gasteiger partial charge in [0.1, 0.15) is 0 Å². The van der Waals surface area contributed by atoms with E-state index in [0.717, 1.165) is 38.6 Å². The summed E-state index contributed by atoms with van der Waals surface area (Å²) in [6.07, 6.45) is 5.33. The number of nitrogens with one attached hydrogen (secondary N) is 2. The van der Waals surface area contributed by atoms with Crippen LogP contribution in [0.4, 0.5) is 0 Å². The Hall–Kier alpha value is -1.31. The van der Waals surface area contributed by atoms with E-state index in [1.54, 1.807) is 0 Å². The Morgan fingerprint density at radius 3 is 2.46 bits per heavy atom. The molecule has 5 nitrogen and oxygen atoms in total. The third-order valence-electron chi connectivity index (χ3n) is 4.40. The van der Waals surface area contributed by atoms with Gasteiger partial charge in [0.25, 0.3) is 0 Å². The highest BCUT2D eigenvalue weighted by atomic mass is 127. The first-order valence-electron chi connectivity index (χ1n) is 9.60. The summed E-state index contributed by atoms with van der Waals surface area (Å²) < 4.78 is 0. The van der Waals surface area contributed by atoms with Crippen LogP contribution >= 0.6 is 24.0 Å². The number of aliphatic imine (C=N–C) groups is 1. The van der Waals surface area contributed by atoms with Crippen LogP contribution in [0.2, 0.25) is 0 Å². The summed E-state index contributed by atoms with van der Waals surface area (Å²) in [6, 6.07) is 8.44. The van der Waals surface area contributed by atoms with Gasteiger partial charge in [0.05, 0.1) is 6.54 Å². The molecule has 6 heteroatoms. The average molecular weight is 472 g/mol. The maximum atomic E-state index is 11.7. The summed E-state index contributed by atoms with van der Waals surface area (Å²) in [6.45, 7) is 8.39. The first kappa shape index (κ1) is 22.7. The first-order valence-corrected chi connectivity index (χ1v) is 9.60. The Balaban J connectivity index is 0.00000338. The Kier molecular flexibility index (Phi) is 11.3. The van der Waals surface area contributed by atoms with Crippen LogP contribution in [0.15, 0.2) is 29.3 Å². The SMILES string of the molecule is CCCCCNC(=NCc1ccc(CN2CCCC2=O)cc1)NCC.I. The second-order valence-electron chi connectivity index (χ2n) is 6.56. The molecule has 0 unspecified atom stereocenters. The monoisotopic (exact) mass is 472 g/mol. The van der Waals surface area contributed by atoms with Gasteiger partial charge in [0.2, 0.25) is 5.91 Å². The molecule has 2 N–H and O–H groups in total. The lowest BCUT2D eigenvalue weighted by molar-refractivity contribution is -0.128. The molecule has 1 fully saturated rings. The van der Waals surface area contributed by atoms with Crippen molar-refractivity contribution in [3.05, 3.63) is 35.4 Å². The van der Waals surface area contributed by atoms with Gasteiger partial charge in [0.15, 0.2) is 5.96 Å². The fourth-order valence-electron chi connectivity index (χ4n) is 2.94. The van der Waals surface area contributed by atoms with Gasteiger partial charge in [-0.1, -0.05) is 44.0 Å². The Labute approximate surface area is 175 Å². The van der Waals surface area contributed by atoms with E-state index < -0.39 is 0 Å². The molecule has 0 atom stereocenters. The van der Waals surface area contributed by atoms with Gasteiger partial charge in [-0.3, -0.25) is 4.79 Å². The quantitative estimate of drug-likeness (QED) is 0.250. The van der Waals surface area contributed by atoms with Crippen molar-refractivity contribution in [2.24, 2.45) is 4.99 Å². The van der Waals surface area contributed by atoms with E-state index in [4.69, 9.17) is 0 Å². The van der Waals surface area contributed by atoms with Crippen LogP contribution in [-0.2, 0) is 17.9 Å². The van der Waals surface area contributed by atoms with Crippen molar-refractivity contribution < 1.29 is 4.79 Å². The predicted molar refractivity (Wildman–Crippen MR) is 119 cm³/mol. The molecule has 1 aliphatic rings. The number of amides is 1. The number of benzene rings is 1. The van der Waals surface area contributed by atoms with E-state index in [9.17, 15) is 4.79 Å². The second-order valence-corrected chi connectivity index (χ2v) is 6.56. The summed E-state index contributed by atoms with van der Waals surface area (Å²) in [7, 11) is 0. The number of hydrogen-bond donors (Lipinski definition) is 2. The third kappa shape index (κ3) is 7.93. The highest BCUT2D eigenvalue weighted by Crippen LogP contribution is 2.15. The van der Waals surface area contributed by atoms with Crippen molar-refractivity contribution in [1.29, 1.82) is 0 Å². The molecular weight excluding hydrogens is 439 g/mol. The highest BCUT2D eigenvalue weighted by Gasteiger charge is 2.19. The molecule has 1 aliphatic heterocycles. The smallest absolute Gasteiger partial charge is 0.222 e. The molecule has 1 amide bonds. The summed E-state index contributed by atoms with van der Waals surface area (Å²) in [5.74, 6) is 1.16. The second kappa shape index (κ2) is 12.9. The van der Waals surface area contributed by atoms with Gasteiger partial charge in [-0.15, -0.1) is 24.0 Å². The molecule has 1 heterocycles. The van der Waals surface area contributed by atoms with Gasteiger partial charge in [-0.25, -0.2) is 4.99 Å². The van der Waals surface area contributed by atoms with Crippen molar-refractivity contribution >= 4 is 35.8 Å². The number of carbonyl (C=O) groups excluding carboxylic acids is 1. The van der Waals surface area contributed by atoms with E-state index in [2.05, 4.69) is 53.7 Å². The number of likely N-dealkylation sites (tertiary alicyclic amines) is 1. The maximum absolute atomic E-state index is 11.7. The van der Waals surface area contributed by atoms with Gasteiger partial charge in [-0.05, 0) is 30.9 Å². The van der Waals surface area contributed by atoms with Crippen LogP contribution in [0.25, 0.3) is 0 Å². The third-order valence-corrected chi connectivity index (χ3v) is 4.40. The minimum atomic E-state index is 0. The fourth-order valence-corrected chi connectivity index (χ4v) is 2.94. The number of nitrogens with zero attached hydrogens (tertiary/aromatic N) is 2. The lowest BCUT2D eigenvalue weighted by Gasteiger charge is -2.15. The van der Waals surface area contributed by atoms with Gasteiger partial charge < -0.3 is 15.5 Å². The first-order chi connectivity index (χ1) is 12.2. The zero-order valence-electron chi connectivity index (χ0n) is 16.1. The molecule has 1 saturated heterocycles. The highest BCUT2D eigenvalue weighted by molar-refractivity contribution is 14.0. The van der Waals surface area contributed by atoms with Crippen molar-refractivity contribution in [3.63, 3.8) is 0 Å². The molecule has 2 rings (SSSR count). The van der Waals surface area contributed by atoms with Crippen molar-refractivity contribution in [1.82, 2.24) is 15.5 Å². The lowest BCUT2D eigenvalue weighted by Crippen LogP contribution is -2.37. The number of halogens is 1. The predicted octanol–water partition coefficient (Wildman–Crippen LogP) is 3.67. The van der Waals surface area contributed by atoms with E-state index in [1.807, 2.05) is 4.90 Å². The lowest BCUT2D eigenvalue weighted by atomic mass is 10.1. The number of rotatable bonds is 9.